The van der Waals surface area contributed by atoms with Crippen LogP contribution < -0.4 is 10.6 Å². The molecule has 14 heavy (non-hydrogen) atoms. The van der Waals surface area contributed by atoms with Gasteiger partial charge >= 0.3 is 0 Å². The summed E-state index contributed by atoms with van der Waals surface area (Å²) in [6, 6.07) is 0.428. The van der Waals surface area contributed by atoms with Crippen LogP contribution in [0, 0.1) is 5.41 Å². The van der Waals surface area contributed by atoms with Crippen LogP contribution in [0.25, 0.3) is 0 Å². The maximum atomic E-state index is 11.1. The predicted octanol–water partition coefficient (Wildman–Crippen LogP) is 1.54. The number of rotatable bonds is 5. The van der Waals surface area contributed by atoms with Crippen molar-refractivity contribution in [3.8, 4) is 0 Å². The number of amides is 1. The summed E-state index contributed by atoms with van der Waals surface area (Å²) in [7, 11) is 0. The summed E-state index contributed by atoms with van der Waals surface area (Å²) in [5.74, 6) is 0.126. The van der Waals surface area contributed by atoms with E-state index < -0.39 is 0 Å². The van der Waals surface area contributed by atoms with E-state index in [0.717, 1.165) is 6.54 Å². The normalized spacial score (nSPS) is 13.8. The molecule has 0 saturated heterocycles. The summed E-state index contributed by atoms with van der Waals surface area (Å²) in [5, 5.41) is 6.13. The molecular weight excluding hydrogens is 176 g/mol. The fourth-order valence-electron chi connectivity index (χ4n) is 0.994. The van der Waals surface area contributed by atoms with Crippen molar-refractivity contribution in [3.05, 3.63) is 0 Å². The van der Waals surface area contributed by atoms with Crippen LogP contribution in [0.5, 0.6) is 0 Å². The second kappa shape index (κ2) is 6.02. The molecule has 0 aromatic rings. The van der Waals surface area contributed by atoms with Gasteiger partial charge in [0, 0.05) is 25.6 Å². The first kappa shape index (κ1) is 13.4. The van der Waals surface area contributed by atoms with Crippen molar-refractivity contribution < 1.29 is 4.79 Å². The first-order valence-electron chi connectivity index (χ1n) is 5.38. The van der Waals surface area contributed by atoms with Gasteiger partial charge in [-0.15, -0.1) is 0 Å². The van der Waals surface area contributed by atoms with E-state index in [2.05, 4.69) is 38.3 Å². The molecule has 3 heteroatoms. The zero-order chi connectivity index (χ0) is 11.2. The first-order valence-corrected chi connectivity index (χ1v) is 5.38. The fourth-order valence-corrected chi connectivity index (χ4v) is 0.994. The number of carbonyl (C=O) groups is 1. The molecule has 0 aliphatic carbocycles. The van der Waals surface area contributed by atoms with E-state index in [1.165, 1.54) is 0 Å². The van der Waals surface area contributed by atoms with Crippen molar-refractivity contribution in [2.24, 2.45) is 5.41 Å². The van der Waals surface area contributed by atoms with Crippen LogP contribution in [0.15, 0.2) is 0 Å². The van der Waals surface area contributed by atoms with Gasteiger partial charge in [-0.05, 0) is 19.3 Å². The molecule has 1 atom stereocenters. The summed E-state index contributed by atoms with van der Waals surface area (Å²) in [6.07, 6.45) is 0.564. The molecule has 0 rings (SSSR count). The maximum absolute atomic E-state index is 11.1. The molecule has 1 unspecified atom stereocenters. The monoisotopic (exact) mass is 200 g/mol. The number of carbonyl (C=O) groups excluding carboxylic acids is 1. The van der Waals surface area contributed by atoms with Gasteiger partial charge in [-0.3, -0.25) is 4.79 Å². The quantitative estimate of drug-likeness (QED) is 0.707. The number of nitrogens with one attached hydrogen (secondary N) is 2. The third kappa shape index (κ3) is 5.97. The van der Waals surface area contributed by atoms with Crippen molar-refractivity contribution in [1.29, 1.82) is 0 Å². The van der Waals surface area contributed by atoms with E-state index in [1.54, 1.807) is 0 Å². The van der Waals surface area contributed by atoms with Gasteiger partial charge in [-0.1, -0.05) is 20.8 Å². The highest BCUT2D eigenvalue weighted by Gasteiger charge is 2.18. The van der Waals surface area contributed by atoms with E-state index >= 15 is 0 Å². The average molecular weight is 200 g/mol. The molecule has 0 aliphatic rings. The lowest BCUT2D eigenvalue weighted by Crippen LogP contribution is -2.39. The van der Waals surface area contributed by atoms with Crippen molar-refractivity contribution >= 4 is 5.91 Å². The highest BCUT2D eigenvalue weighted by atomic mass is 16.1. The van der Waals surface area contributed by atoms with Crippen LogP contribution in [0.3, 0.4) is 0 Å². The summed E-state index contributed by atoms with van der Waals surface area (Å²) >= 11 is 0. The zero-order valence-corrected chi connectivity index (χ0v) is 10.1. The average Bonchev–Trinajstić information content (AvgIpc) is 2.02. The molecule has 0 bridgehead atoms. The maximum Gasteiger partial charge on any atom is 0.221 e. The van der Waals surface area contributed by atoms with Gasteiger partial charge in [-0.2, -0.15) is 0 Å². The van der Waals surface area contributed by atoms with Crippen molar-refractivity contribution in [2.45, 2.75) is 47.1 Å². The third-order valence-corrected chi connectivity index (χ3v) is 2.48. The fraction of sp³-hybridized carbons (Fsp3) is 0.909. The molecule has 3 nitrogen and oxygen atoms in total. The van der Waals surface area contributed by atoms with E-state index in [-0.39, 0.29) is 11.3 Å². The molecule has 0 aliphatic heterocycles. The van der Waals surface area contributed by atoms with Gasteiger partial charge in [0.05, 0.1) is 0 Å². The summed E-state index contributed by atoms with van der Waals surface area (Å²) in [5.41, 5.74) is 0.251. The van der Waals surface area contributed by atoms with Crippen LogP contribution in [-0.4, -0.2) is 25.0 Å². The highest BCUT2D eigenvalue weighted by molar-refractivity contribution is 5.75. The second-order valence-corrected chi connectivity index (χ2v) is 4.75. The smallest absolute Gasteiger partial charge is 0.221 e. The largest absolute Gasteiger partial charge is 0.356 e. The third-order valence-electron chi connectivity index (χ3n) is 2.48. The minimum Gasteiger partial charge on any atom is -0.356 e. The second-order valence-electron chi connectivity index (χ2n) is 4.75. The molecule has 1 amide bonds. The molecule has 84 valence electrons. The zero-order valence-electron chi connectivity index (χ0n) is 10.1. The summed E-state index contributed by atoms with van der Waals surface area (Å²) in [4.78, 5) is 11.1. The number of hydrogen-bond acceptors (Lipinski definition) is 2. The lowest BCUT2D eigenvalue weighted by molar-refractivity contribution is -0.120. The van der Waals surface area contributed by atoms with Crippen molar-refractivity contribution in [3.63, 3.8) is 0 Å². The lowest BCUT2D eigenvalue weighted by atomic mass is 9.88. The Balaban J connectivity index is 3.59. The van der Waals surface area contributed by atoms with Gasteiger partial charge in [0.1, 0.15) is 0 Å². The molecular formula is C11H24N2O. The minimum absolute atomic E-state index is 0.126. The van der Waals surface area contributed by atoms with Gasteiger partial charge in [0.25, 0.3) is 0 Å². The SMILES string of the molecule is CCNC(=O)CCNC(C)C(C)(C)C. The van der Waals surface area contributed by atoms with Gasteiger partial charge in [-0.25, -0.2) is 0 Å². The lowest BCUT2D eigenvalue weighted by Gasteiger charge is -2.28. The molecule has 0 spiro atoms. The molecule has 0 heterocycles. The molecule has 0 aromatic heterocycles. The van der Waals surface area contributed by atoms with E-state index in [4.69, 9.17) is 0 Å². The van der Waals surface area contributed by atoms with Crippen molar-refractivity contribution in [1.82, 2.24) is 10.6 Å². The Hall–Kier alpha value is -0.570. The number of hydrogen-bond donors (Lipinski definition) is 2. The van der Waals surface area contributed by atoms with Gasteiger partial charge < -0.3 is 10.6 Å². The van der Waals surface area contributed by atoms with Crippen LogP contribution in [0.4, 0.5) is 0 Å². The molecule has 0 fully saturated rings. The summed E-state index contributed by atoms with van der Waals surface area (Å²) in [6.45, 7) is 12.1. The first-order chi connectivity index (χ1) is 6.38. The van der Waals surface area contributed by atoms with Crippen LogP contribution in [0.2, 0.25) is 0 Å². The molecule has 0 radical (unpaired) electrons. The molecule has 0 saturated carbocycles. The van der Waals surface area contributed by atoms with Crippen molar-refractivity contribution in [2.75, 3.05) is 13.1 Å². The Morgan fingerprint density at radius 2 is 1.93 bits per heavy atom. The van der Waals surface area contributed by atoms with E-state index in [9.17, 15) is 4.79 Å². The Morgan fingerprint density at radius 1 is 1.36 bits per heavy atom. The Morgan fingerprint density at radius 3 is 2.36 bits per heavy atom. The Labute approximate surface area is 87.6 Å². The van der Waals surface area contributed by atoms with Gasteiger partial charge in [0.2, 0.25) is 5.91 Å². The molecule has 2 N–H and O–H groups in total. The molecule has 0 aromatic carbocycles. The Kier molecular flexibility index (Phi) is 5.77. The van der Waals surface area contributed by atoms with E-state index in [1.807, 2.05) is 6.92 Å². The predicted molar refractivity (Wildman–Crippen MR) is 60.2 cm³/mol. The van der Waals surface area contributed by atoms with Crippen LogP contribution >= 0.6 is 0 Å². The van der Waals surface area contributed by atoms with Gasteiger partial charge in [0.15, 0.2) is 0 Å². The van der Waals surface area contributed by atoms with E-state index in [0.29, 0.717) is 19.0 Å². The highest BCUT2D eigenvalue weighted by Crippen LogP contribution is 2.18. The summed E-state index contributed by atoms with van der Waals surface area (Å²) < 4.78 is 0. The topological polar surface area (TPSA) is 41.1 Å². The van der Waals surface area contributed by atoms with Crippen LogP contribution in [-0.2, 0) is 4.79 Å². The standard InChI is InChI=1S/C11H24N2O/c1-6-12-10(14)7-8-13-9(2)11(3,4)5/h9,13H,6-8H2,1-5H3,(H,12,14). The Bertz CT molecular complexity index is 173. The minimum atomic E-state index is 0.126. The van der Waals surface area contributed by atoms with Crippen LogP contribution in [0.1, 0.15) is 41.0 Å².